The van der Waals surface area contributed by atoms with E-state index in [1.165, 1.54) is 18.2 Å². The van der Waals surface area contributed by atoms with Crippen LogP contribution in [0.25, 0.3) is 0 Å². The number of benzene rings is 2. The minimum atomic E-state index is -0.565. The van der Waals surface area contributed by atoms with Crippen LogP contribution in [0.5, 0.6) is 0 Å². The number of rotatable bonds is 3. The molecule has 2 aromatic carbocycles. The molecular formula is C16H15FN2O. The quantitative estimate of drug-likeness (QED) is 0.675. The first-order valence-corrected chi connectivity index (χ1v) is 6.23. The van der Waals surface area contributed by atoms with Gasteiger partial charge in [-0.3, -0.25) is 4.79 Å². The number of hydrogen-bond acceptors (Lipinski definition) is 2. The molecule has 1 amide bonds. The highest BCUT2D eigenvalue weighted by Gasteiger charge is 2.09. The van der Waals surface area contributed by atoms with Gasteiger partial charge in [-0.25, -0.2) is 9.82 Å². The molecule has 0 aliphatic rings. The van der Waals surface area contributed by atoms with E-state index >= 15 is 0 Å². The van der Waals surface area contributed by atoms with Gasteiger partial charge in [0.25, 0.3) is 5.91 Å². The number of hydrogen-bond donors (Lipinski definition) is 1. The van der Waals surface area contributed by atoms with Crippen molar-refractivity contribution in [2.24, 2.45) is 5.10 Å². The van der Waals surface area contributed by atoms with E-state index in [4.69, 9.17) is 0 Å². The van der Waals surface area contributed by atoms with Gasteiger partial charge >= 0.3 is 0 Å². The molecule has 4 heteroatoms. The zero-order valence-electron chi connectivity index (χ0n) is 11.4. The molecule has 0 aromatic heterocycles. The van der Waals surface area contributed by atoms with Crippen molar-refractivity contribution in [3.05, 3.63) is 70.5 Å². The Kier molecular flexibility index (Phi) is 4.25. The zero-order valence-corrected chi connectivity index (χ0v) is 11.4. The van der Waals surface area contributed by atoms with Crippen molar-refractivity contribution < 1.29 is 9.18 Å². The summed E-state index contributed by atoms with van der Waals surface area (Å²) in [6, 6.07) is 11.7. The van der Waals surface area contributed by atoms with E-state index in [0.717, 1.165) is 16.7 Å². The predicted molar refractivity (Wildman–Crippen MR) is 77.4 cm³/mol. The number of amides is 1. The monoisotopic (exact) mass is 270 g/mol. The highest BCUT2D eigenvalue weighted by atomic mass is 19.1. The van der Waals surface area contributed by atoms with E-state index in [-0.39, 0.29) is 5.56 Å². The molecular weight excluding hydrogens is 255 g/mol. The molecule has 0 unspecified atom stereocenters. The molecule has 3 nitrogen and oxygen atoms in total. The number of carbonyl (C=O) groups is 1. The molecule has 0 spiro atoms. The maximum absolute atomic E-state index is 13.4. The maximum Gasteiger partial charge on any atom is 0.274 e. The van der Waals surface area contributed by atoms with Gasteiger partial charge in [-0.1, -0.05) is 35.9 Å². The van der Waals surface area contributed by atoms with Crippen LogP contribution in [-0.4, -0.2) is 12.1 Å². The Morgan fingerprint density at radius 2 is 1.95 bits per heavy atom. The third-order valence-corrected chi connectivity index (χ3v) is 2.92. The van der Waals surface area contributed by atoms with Gasteiger partial charge < -0.3 is 0 Å². The molecule has 0 bridgehead atoms. The molecule has 102 valence electrons. The Balaban J connectivity index is 2.09. The molecule has 0 radical (unpaired) electrons. The molecule has 0 heterocycles. The van der Waals surface area contributed by atoms with Crippen LogP contribution < -0.4 is 5.43 Å². The van der Waals surface area contributed by atoms with Gasteiger partial charge in [-0.05, 0) is 37.1 Å². The van der Waals surface area contributed by atoms with Crippen molar-refractivity contribution in [2.75, 3.05) is 0 Å². The van der Waals surface area contributed by atoms with Crippen LogP contribution >= 0.6 is 0 Å². The van der Waals surface area contributed by atoms with Crippen LogP contribution in [-0.2, 0) is 0 Å². The predicted octanol–water partition coefficient (Wildman–Crippen LogP) is 3.21. The summed E-state index contributed by atoms with van der Waals surface area (Å²) in [6.45, 7) is 3.94. The van der Waals surface area contributed by atoms with E-state index in [1.54, 1.807) is 12.3 Å². The van der Waals surface area contributed by atoms with Crippen LogP contribution in [0.4, 0.5) is 4.39 Å². The third kappa shape index (κ3) is 3.29. The van der Waals surface area contributed by atoms with Crippen molar-refractivity contribution >= 4 is 12.1 Å². The molecule has 20 heavy (non-hydrogen) atoms. The highest BCUT2D eigenvalue weighted by molar-refractivity contribution is 5.95. The van der Waals surface area contributed by atoms with Gasteiger partial charge in [0.1, 0.15) is 5.82 Å². The van der Waals surface area contributed by atoms with E-state index < -0.39 is 11.7 Å². The first-order valence-electron chi connectivity index (χ1n) is 6.23. The molecule has 2 rings (SSSR count). The summed E-state index contributed by atoms with van der Waals surface area (Å²) in [5, 5.41) is 3.87. The van der Waals surface area contributed by atoms with Gasteiger partial charge in [-0.15, -0.1) is 0 Å². The van der Waals surface area contributed by atoms with E-state index in [9.17, 15) is 9.18 Å². The normalized spacial score (nSPS) is 10.8. The summed E-state index contributed by atoms with van der Waals surface area (Å²) < 4.78 is 13.4. The van der Waals surface area contributed by atoms with Gasteiger partial charge in [0.05, 0.1) is 11.8 Å². The van der Waals surface area contributed by atoms with Gasteiger partial charge in [-0.2, -0.15) is 5.10 Å². The molecule has 0 atom stereocenters. The van der Waals surface area contributed by atoms with Gasteiger partial charge in [0.15, 0.2) is 0 Å². The molecule has 0 aliphatic carbocycles. The number of aryl methyl sites for hydroxylation is 2. The Morgan fingerprint density at radius 1 is 1.20 bits per heavy atom. The molecule has 0 saturated heterocycles. The lowest BCUT2D eigenvalue weighted by molar-refractivity contribution is 0.0951. The average Bonchev–Trinajstić information content (AvgIpc) is 2.43. The molecule has 0 aliphatic heterocycles. The summed E-state index contributed by atoms with van der Waals surface area (Å²) in [5.74, 6) is -1.13. The molecule has 0 saturated carbocycles. The van der Waals surface area contributed by atoms with Crippen LogP contribution in [0.15, 0.2) is 47.6 Å². The van der Waals surface area contributed by atoms with E-state index in [0.29, 0.717) is 0 Å². The van der Waals surface area contributed by atoms with Crippen LogP contribution in [0.2, 0.25) is 0 Å². The fourth-order valence-corrected chi connectivity index (χ4v) is 1.77. The lowest BCUT2D eigenvalue weighted by atomic mass is 10.1. The van der Waals surface area contributed by atoms with Crippen molar-refractivity contribution in [3.8, 4) is 0 Å². The second-order valence-corrected chi connectivity index (χ2v) is 4.54. The van der Waals surface area contributed by atoms with Crippen molar-refractivity contribution in [2.45, 2.75) is 13.8 Å². The average molecular weight is 270 g/mol. The van der Waals surface area contributed by atoms with Crippen LogP contribution in [0.1, 0.15) is 27.0 Å². The van der Waals surface area contributed by atoms with Gasteiger partial charge in [0, 0.05) is 0 Å². The van der Waals surface area contributed by atoms with E-state index in [1.807, 2.05) is 32.0 Å². The minimum absolute atomic E-state index is 0.0226. The van der Waals surface area contributed by atoms with Gasteiger partial charge in [0.2, 0.25) is 0 Å². The smallest absolute Gasteiger partial charge is 0.267 e. The summed E-state index contributed by atoms with van der Waals surface area (Å²) in [7, 11) is 0. The summed E-state index contributed by atoms with van der Waals surface area (Å²) >= 11 is 0. The summed E-state index contributed by atoms with van der Waals surface area (Å²) in [6.07, 6.45) is 1.56. The number of nitrogens with zero attached hydrogens (tertiary/aromatic N) is 1. The lowest BCUT2D eigenvalue weighted by Gasteiger charge is -2.03. The third-order valence-electron chi connectivity index (χ3n) is 2.92. The zero-order chi connectivity index (χ0) is 14.5. The number of halogens is 1. The molecule has 0 fully saturated rings. The first kappa shape index (κ1) is 13.9. The fraction of sp³-hybridized carbons (Fsp3) is 0.125. The number of hydrazone groups is 1. The van der Waals surface area contributed by atoms with E-state index in [2.05, 4.69) is 10.5 Å². The highest BCUT2D eigenvalue weighted by Crippen LogP contribution is 2.08. The number of carbonyl (C=O) groups excluding carboxylic acids is 1. The molecule has 2 aromatic rings. The Labute approximate surface area is 117 Å². The minimum Gasteiger partial charge on any atom is -0.267 e. The number of nitrogens with one attached hydrogen (secondary N) is 1. The Morgan fingerprint density at radius 3 is 2.70 bits per heavy atom. The summed E-state index contributed by atoms with van der Waals surface area (Å²) in [5.41, 5.74) is 5.38. The largest absolute Gasteiger partial charge is 0.274 e. The van der Waals surface area contributed by atoms with Crippen molar-refractivity contribution in [1.29, 1.82) is 0 Å². The maximum atomic E-state index is 13.4. The Hall–Kier alpha value is -2.49. The van der Waals surface area contributed by atoms with Crippen molar-refractivity contribution in [1.82, 2.24) is 5.43 Å². The second kappa shape index (κ2) is 6.10. The van der Waals surface area contributed by atoms with Crippen molar-refractivity contribution in [3.63, 3.8) is 0 Å². The summed E-state index contributed by atoms with van der Waals surface area (Å²) in [4.78, 5) is 11.7. The first-order chi connectivity index (χ1) is 9.58. The lowest BCUT2D eigenvalue weighted by Crippen LogP contribution is -2.19. The standard InChI is InChI=1S/C16H15FN2O/c1-11-7-8-12(2)13(9-11)10-18-19-16(20)14-5-3-4-6-15(14)17/h3-10H,1-2H3,(H,19,20)/b18-10+. The SMILES string of the molecule is Cc1ccc(C)c(/C=N/NC(=O)c2ccccc2F)c1. The second-order valence-electron chi connectivity index (χ2n) is 4.54. The van der Waals surface area contributed by atoms with Crippen LogP contribution in [0.3, 0.4) is 0 Å². The Bertz CT molecular complexity index is 665. The van der Waals surface area contributed by atoms with Crippen LogP contribution in [0, 0.1) is 19.7 Å². The topological polar surface area (TPSA) is 41.5 Å². The fourth-order valence-electron chi connectivity index (χ4n) is 1.77. The molecule has 1 N–H and O–H groups in total.